The maximum atomic E-state index is 13.4. The van der Waals surface area contributed by atoms with Crippen molar-refractivity contribution in [1.29, 1.82) is 0 Å². The number of hydrogen-bond acceptors (Lipinski definition) is 9. The number of carbonyl (C=O) groups excluding carboxylic acids is 2. The zero-order chi connectivity index (χ0) is 26.4. The second-order valence-electron chi connectivity index (χ2n) is 8.09. The Morgan fingerprint density at radius 2 is 2.14 bits per heavy atom. The molecule has 1 saturated heterocycles. The van der Waals surface area contributed by atoms with E-state index < -0.39 is 12.0 Å². The van der Waals surface area contributed by atoms with Gasteiger partial charge < -0.3 is 19.6 Å². The highest BCUT2D eigenvalue weighted by Crippen LogP contribution is 2.40. The topological polar surface area (TPSA) is 133 Å². The molecule has 1 aliphatic heterocycles. The average molecular weight is 522 g/mol. The Labute approximate surface area is 214 Å². The molecule has 2 N–H and O–H groups in total. The lowest BCUT2D eigenvalue weighted by atomic mass is 9.99. The van der Waals surface area contributed by atoms with Gasteiger partial charge in [-0.2, -0.15) is 0 Å². The van der Waals surface area contributed by atoms with E-state index in [1.54, 1.807) is 14.0 Å². The highest BCUT2D eigenvalue weighted by atomic mass is 35.5. The van der Waals surface area contributed by atoms with Gasteiger partial charge in [0, 0.05) is 50.8 Å². The first-order valence-corrected chi connectivity index (χ1v) is 12.1. The lowest BCUT2D eigenvalue weighted by molar-refractivity contribution is -0.0772. The molecule has 2 atom stereocenters. The van der Waals surface area contributed by atoms with Crippen molar-refractivity contribution in [2.75, 3.05) is 39.3 Å². The summed E-state index contributed by atoms with van der Waals surface area (Å²) in [6.45, 7) is 4.33. The van der Waals surface area contributed by atoms with E-state index in [2.05, 4.69) is 4.99 Å². The second-order valence-corrected chi connectivity index (χ2v) is 8.50. The van der Waals surface area contributed by atoms with Crippen LogP contribution in [0.25, 0.3) is 16.7 Å². The maximum Gasteiger partial charge on any atom is 0.414 e. The van der Waals surface area contributed by atoms with Crippen LogP contribution >= 0.6 is 11.6 Å². The molecule has 0 aromatic carbocycles. The Bertz CT molecular complexity index is 1160. The molecular formula is C24H32ClN5O6. The third-order valence-corrected chi connectivity index (χ3v) is 6.22. The van der Waals surface area contributed by atoms with E-state index in [0.717, 1.165) is 11.5 Å². The van der Waals surface area contributed by atoms with Crippen molar-refractivity contribution in [2.45, 2.75) is 45.3 Å². The predicted octanol–water partition coefficient (Wildman–Crippen LogP) is 4.04. The summed E-state index contributed by atoms with van der Waals surface area (Å²) in [5.41, 5.74) is 7.20. The number of hydroxylamine groups is 2. The molecule has 0 saturated carbocycles. The van der Waals surface area contributed by atoms with Gasteiger partial charge in [-0.15, -0.1) is 0 Å². The molecular weight excluding hydrogens is 490 g/mol. The third kappa shape index (κ3) is 5.48. The van der Waals surface area contributed by atoms with Crippen LogP contribution in [0.1, 0.15) is 49.4 Å². The van der Waals surface area contributed by atoms with Gasteiger partial charge in [0.1, 0.15) is 11.2 Å². The van der Waals surface area contributed by atoms with Gasteiger partial charge in [-0.1, -0.05) is 18.5 Å². The molecule has 36 heavy (non-hydrogen) atoms. The van der Waals surface area contributed by atoms with Crippen molar-refractivity contribution < 1.29 is 28.3 Å². The summed E-state index contributed by atoms with van der Waals surface area (Å²) in [4.78, 5) is 41.9. The van der Waals surface area contributed by atoms with Gasteiger partial charge in [0.15, 0.2) is 5.58 Å². The van der Waals surface area contributed by atoms with Crippen LogP contribution in [0.15, 0.2) is 21.7 Å². The number of aromatic nitrogens is 1. The second kappa shape index (κ2) is 12.2. The van der Waals surface area contributed by atoms with E-state index in [1.807, 2.05) is 6.92 Å². The fourth-order valence-electron chi connectivity index (χ4n) is 4.10. The van der Waals surface area contributed by atoms with E-state index >= 15 is 0 Å². The molecule has 2 aromatic rings. The summed E-state index contributed by atoms with van der Waals surface area (Å²) in [5, 5.41) is 1.24. The average Bonchev–Trinajstić information content (AvgIpc) is 3.24. The Hall–Kier alpha value is -3.15. The van der Waals surface area contributed by atoms with E-state index in [1.165, 1.54) is 37.5 Å². The number of rotatable bonds is 8. The molecule has 1 aliphatic rings. The minimum absolute atomic E-state index is 0.0508. The normalized spacial score (nSPS) is 18.6. The first-order chi connectivity index (χ1) is 17.3. The van der Waals surface area contributed by atoms with Gasteiger partial charge in [0.25, 0.3) is 0 Å². The number of nitrogens with zero attached hydrogens (tertiary/aromatic N) is 4. The molecule has 2 amide bonds. The number of anilines is 1. The standard InChI is InChI=1S/C24H32ClN5O6/c1-6-16-10-15(8-9-35-16)30(24(32)34-7-2)21-20-18(36-22(21)23(31)29(4)33-5)11-17(25)19(28-20)14(12-26)13-27-3/h11-13,15-16H,6-10,26H2,1-5H3/t15-,16-/m0/s1. The van der Waals surface area contributed by atoms with Gasteiger partial charge in [-0.05, 0) is 26.2 Å². The van der Waals surface area contributed by atoms with Gasteiger partial charge >= 0.3 is 12.0 Å². The first kappa shape index (κ1) is 27.4. The Kier molecular flexibility index (Phi) is 9.30. The van der Waals surface area contributed by atoms with E-state index in [9.17, 15) is 9.59 Å². The van der Waals surface area contributed by atoms with Crippen LogP contribution in [0.2, 0.25) is 5.02 Å². The monoisotopic (exact) mass is 521 g/mol. The number of pyridine rings is 1. The zero-order valence-electron chi connectivity index (χ0n) is 21.1. The Morgan fingerprint density at radius 3 is 2.75 bits per heavy atom. The Morgan fingerprint density at radius 1 is 1.39 bits per heavy atom. The summed E-state index contributed by atoms with van der Waals surface area (Å²) in [7, 11) is 4.38. The number of aliphatic imine (C=N–C) groups is 1. The molecule has 3 rings (SSSR count). The van der Waals surface area contributed by atoms with Crippen LogP contribution in [0, 0.1) is 0 Å². The van der Waals surface area contributed by atoms with Gasteiger partial charge in [-0.3, -0.25) is 19.5 Å². The van der Waals surface area contributed by atoms with Crippen LogP contribution in [0.4, 0.5) is 10.5 Å². The molecule has 3 heterocycles. The van der Waals surface area contributed by atoms with Crippen LogP contribution in [-0.2, 0) is 14.3 Å². The predicted molar refractivity (Wildman–Crippen MR) is 137 cm³/mol. The van der Waals surface area contributed by atoms with E-state index in [-0.39, 0.29) is 46.3 Å². The number of fused-ring (bicyclic) bond motifs is 1. The number of furan rings is 1. The van der Waals surface area contributed by atoms with Gasteiger partial charge in [0.05, 0.1) is 30.5 Å². The van der Waals surface area contributed by atoms with Crippen molar-refractivity contribution in [2.24, 2.45) is 10.7 Å². The van der Waals surface area contributed by atoms with Crippen LogP contribution in [0.5, 0.6) is 0 Å². The highest BCUT2D eigenvalue weighted by molar-refractivity contribution is 6.34. The number of ether oxygens (including phenoxy) is 2. The van der Waals surface area contributed by atoms with Crippen LogP contribution in [-0.4, -0.2) is 74.8 Å². The minimum Gasteiger partial charge on any atom is -0.449 e. The van der Waals surface area contributed by atoms with Crippen LogP contribution < -0.4 is 10.6 Å². The summed E-state index contributed by atoms with van der Waals surface area (Å²) in [6.07, 6.45) is 4.02. The SMILES string of the molecule is CCOC(=O)N(c1c(C(=O)N(C)OC)oc2cc(Cl)c(C(C=NC)=CN)nc12)[C@H]1CCO[C@@H](CC)C1. The first-order valence-electron chi connectivity index (χ1n) is 11.7. The number of halogens is 1. The lowest BCUT2D eigenvalue weighted by Crippen LogP contribution is -2.47. The summed E-state index contributed by atoms with van der Waals surface area (Å²) < 4.78 is 17.2. The molecule has 0 aliphatic carbocycles. The van der Waals surface area contributed by atoms with E-state index in [0.29, 0.717) is 30.7 Å². The number of nitrogens with two attached hydrogens (primary N) is 1. The van der Waals surface area contributed by atoms with Crippen LogP contribution in [0.3, 0.4) is 0 Å². The number of carbonyl (C=O) groups is 2. The van der Waals surface area contributed by atoms with Crippen molar-refractivity contribution in [1.82, 2.24) is 10.0 Å². The highest BCUT2D eigenvalue weighted by Gasteiger charge is 2.39. The fraction of sp³-hybridized carbons (Fsp3) is 0.500. The molecule has 12 heteroatoms. The minimum atomic E-state index is -0.626. The number of hydrogen-bond donors (Lipinski definition) is 1. The van der Waals surface area contributed by atoms with Crippen molar-refractivity contribution in [3.63, 3.8) is 0 Å². The molecule has 0 bridgehead atoms. The molecule has 0 spiro atoms. The quantitative estimate of drug-likeness (QED) is 0.406. The van der Waals surface area contributed by atoms with Crippen molar-refractivity contribution in [3.8, 4) is 0 Å². The summed E-state index contributed by atoms with van der Waals surface area (Å²) in [5.74, 6) is -0.744. The summed E-state index contributed by atoms with van der Waals surface area (Å²) >= 11 is 6.50. The molecule has 196 valence electrons. The van der Waals surface area contributed by atoms with Crippen molar-refractivity contribution in [3.05, 3.63) is 28.7 Å². The molecule has 0 unspecified atom stereocenters. The Balaban J connectivity index is 2.33. The molecule has 1 fully saturated rings. The molecule has 2 aromatic heterocycles. The number of allylic oxidation sites excluding steroid dienone is 1. The zero-order valence-corrected chi connectivity index (χ0v) is 21.9. The van der Waals surface area contributed by atoms with Crippen molar-refractivity contribution >= 4 is 52.2 Å². The smallest absolute Gasteiger partial charge is 0.414 e. The fourth-order valence-corrected chi connectivity index (χ4v) is 4.35. The largest absolute Gasteiger partial charge is 0.449 e. The van der Waals surface area contributed by atoms with E-state index in [4.69, 9.17) is 41.0 Å². The number of amides is 2. The maximum absolute atomic E-state index is 13.4. The third-order valence-electron chi connectivity index (χ3n) is 5.93. The lowest BCUT2D eigenvalue weighted by Gasteiger charge is -2.36. The van der Waals surface area contributed by atoms with Gasteiger partial charge in [0.2, 0.25) is 5.76 Å². The van der Waals surface area contributed by atoms with Gasteiger partial charge in [-0.25, -0.2) is 14.8 Å². The summed E-state index contributed by atoms with van der Waals surface area (Å²) in [6, 6.07) is 1.20. The molecule has 11 nitrogen and oxygen atoms in total. The molecule has 0 radical (unpaired) electrons.